The van der Waals surface area contributed by atoms with Crippen molar-refractivity contribution in [1.29, 1.82) is 0 Å². The van der Waals surface area contributed by atoms with E-state index >= 15 is 0 Å². The van der Waals surface area contributed by atoms with Crippen molar-refractivity contribution in [2.45, 2.75) is 70.2 Å². The van der Waals surface area contributed by atoms with Gasteiger partial charge in [0.2, 0.25) is 0 Å². The first-order valence-corrected chi connectivity index (χ1v) is 8.49. The Bertz CT molecular complexity index is 493. The van der Waals surface area contributed by atoms with E-state index in [0.717, 1.165) is 12.8 Å². The maximum absolute atomic E-state index is 12.3. The second-order valence-electron chi connectivity index (χ2n) is 7.94. The topological polar surface area (TPSA) is 79.0 Å². The minimum absolute atomic E-state index is 0. The monoisotopic (exact) mass is 427 g/mol. The summed E-state index contributed by atoms with van der Waals surface area (Å²) in [6.07, 6.45) is 4.63. The van der Waals surface area contributed by atoms with Crippen LogP contribution in [-0.4, -0.2) is 66.0 Å². The number of alkyl carbamates (subject to hydrolysis) is 1. The van der Waals surface area contributed by atoms with Crippen LogP contribution in [0.4, 0.5) is 9.59 Å². The number of urea groups is 1. The van der Waals surface area contributed by atoms with Gasteiger partial charge in [-0.2, -0.15) is 0 Å². The van der Waals surface area contributed by atoms with Gasteiger partial charge in [-0.15, -0.1) is 0 Å². The molecule has 2 fully saturated rings. The Balaban J connectivity index is 0.00000312. The van der Waals surface area contributed by atoms with E-state index in [1.807, 2.05) is 11.2 Å². The van der Waals surface area contributed by atoms with E-state index in [-0.39, 0.29) is 56.7 Å². The second kappa shape index (κ2) is 8.80. The van der Waals surface area contributed by atoms with E-state index in [2.05, 4.69) is 5.32 Å². The molecular formula is C17H28N3O4Y-. The number of fused-ring (bicyclic) bond motifs is 2. The van der Waals surface area contributed by atoms with Gasteiger partial charge < -0.3 is 24.6 Å². The van der Waals surface area contributed by atoms with Crippen LogP contribution in [0.2, 0.25) is 0 Å². The first-order chi connectivity index (χ1) is 11.1. The standard InChI is InChI=1S/C17H28N3O4.Y/c1-17(2,3)24-15(22)18-14(10-21)11-8-12-6-7-13(9-11)20(12)16(23)19(4)5;/h11-14H,6-9H2,1-5H3,(H,18,22);/q-1;. The summed E-state index contributed by atoms with van der Waals surface area (Å²) in [5.74, 6) is -0.0151. The van der Waals surface area contributed by atoms with Gasteiger partial charge in [0.25, 0.3) is 0 Å². The summed E-state index contributed by atoms with van der Waals surface area (Å²) >= 11 is 0. The van der Waals surface area contributed by atoms with Crippen LogP contribution in [0.25, 0.3) is 0 Å². The van der Waals surface area contributed by atoms with Gasteiger partial charge in [0.05, 0.1) is 0 Å². The summed E-state index contributed by atoms with van der Waals surface area (Å²) in [7, 11) is 3.50. The fraction of sp³-hybridized carbons (Fsp3) is 0.824. The third-order valence-electron chi connectivity index (χ3n) is 4.64. The molecule has 2 heterocycles. The largest absolute Gasteiger partial charge is 0.540 e. The number of amides is 3. The first kappa shape index (κ1) is 22.4. The number of carbonyl (C=O) groups is 2. The van der Waals surface area contributed by atoms with Crippen molar-refractivity contribution in [2.75, 3.05) is 14.1 Å². The molecule has 2 saturated heterocycles. The molecule has 3 unspecified atom stereocenters. The van der Waals surface area contributed by atoms with Crippen molar-refractivity contribution in [1.82, 2.24) is 15.1 Å². The third-order valence-corrected chi connectivity index (χ3v) is 4.64. The summed E-state index contributed by atoms with van der Waals surface area (Å²) in [5.41, 5.74) is -0.613. The number of nitrogens with one attached hydrogen (secondary N) is 1. The maximum Gasteiger partial charge on any atom is 0.405 e. The van der Waals surface area contributed by atoms with Crippen molar-refractivity contribution < 1.29 is 51.8 Å². The summed E-state index contributed by atoms with van der Waals surface area (Å²) in [6.45, 7) is 5.33. The molecule has 3 atom stereocenters. The molecule has 0 aromatic heterocycles. The molecule has 0 saturated carbocycles. The number of nitrogens with zero attached hydrogens (tertiary/aromatic N) is 2. The molecule has 3 amide bonds. The van der Waals surface area contributed by atoms with E-state index in [4.69, 9.17) is 4.74 Å². The number of hydrogen-bond acceptors (Lipinski definition) is 4. The summed E-state index contributed by atoms with van der Waals surface area (Å²) in [4.78, 5) is 39.2. The van der Waals surface area contributed by atoms with Crippen LogP contribution >= 0.6 is 0 Å². The third kappa shape index (κ3) is 5.65. The van der Waals surface area contributed by atoms with E-state index in [1.165, 1.54) is 0 Å². The van der Waals surface area contributed by atoms with Gasteiger partial charge in [0, 0.05) is 58.9 Å². The van der Waals surface area contributed by atoms with Crippen molar-refractivity contribution in [3.8, 4) is 0 Å². The van der Waals surface area contributed by atoms with Crippen LogP contribution in [0, 0.1) is 5.92 Å². The predicted octanol–water partition coefficient (Wildman–Crippen LogP) is 1.91. The van der Waals surface area contributed by atoms with Gasteiger partial charge in [0.15, 0.2) is 0 Å². The maximum atomic E-state index is 12.3. The molecule has 0 aliphatic carbocycles. The van der Waals surface area contributed by atoms with E-state index < -0.39 is 17.7 Å². The van der Waals surface area contributed by atoms with Crippen LogP contribution in [0.3, 0.4) is 0 Å². The smallest absolute Gasteiger partial charge is 0.405 e. The first-order valence-electron chi connectivity index (χ1n) is 8.49. The summed E-state index contributed by atoms with van der Waals surface area (Å²) < 4.78 is 5.22. The Morgan fingerprint density at radius 2 is 1.72 bits per heavy atom. The number of rotatable bonds is 3. The van der Waals surface area contributed by atoms with E-state index in [9.17, 15) is 14.4 Å². The average molecular weight is 427 g/mol. The zero-order valence-corrected chi connectivity index (χ0v) is 18.6. The van der Waals surface area contributed by atoms with Crippen molar-refractivity contribution in [2.24, 2.45) is 5.92 Å². The predicted molar refractivity (Wildman–Crippen MR) is 89.3 cm³/mol. The SMILES string of the molecule is CN(C)C(=O)N1C2CCC1CC(C([C-]=O)NC(=O)OC(C)(C)C)C2.[Y]. The minimum Gasteiger partial charge on any atom is -0.540 e. The van der Waals surface area contributed by atoms with Gasteiger partial charge in [0.1, 0.15) is 5.60 Å². The van der Waals surface area contributed by atoms with Gasteiger partial charge in [-0.1, -0.05) is 6.04 Å². The molecule has 0 spiro atoms. The molecular weight excluding hydrogens is 399 g/mol. The number of hydrogen-bond donors (Lipinski definition) is 1. The Labute approximate surface area is 175 Å². The molecule has 7 nitrogen and oxygen atoms in total. The van der Waals surface area contributed by atoms with Crippen LogP contribution in [0.5, 0.6) is 0 Å². The molecule has 2 aliphatic rings. The van der Waals surface area contributed by atoms with Crippen LogP contribution in [0.1, 0.15) is 46.5 Å². The molecule has 0 aromatic rings. The molecule has 1 radical (unpaired) electrons. The molecule has 1 N–H and O–H groups in total. The van der Waals surface area contributed by atoms with Gasteiger partial charge in [-0.25, -0.2) is 15.9 Å². The molecule has 8 heteroatoms. The zero-order chi connectivity index (χ0) is 18.1. The molecule has 25 heavy (non-hydrogen) atoms. The Hall–Kier alpha value is -0.686. The number of ether oxygens (including phenoxy) is 1. The van der Waals surface area contributed by atoms with Gasteiger partial charge >= 0.3 is 12.1 Å². The Morgan fingerprint density at radius 3 is 2.12 bits per heavy atom. The quantitative estimate of drug-likeness (QED) is 0.698. The zero-order valence-electron chi connectivity index (χ0n) is 15.7. The Morgan fingerprint density at radius 1 is 1.20 bits per heavy atom. The molecule has 2 rings (SSSR count). The second-order valence-corrected chi connectivity index (χ2v) is 7.94. The molecule has 139 valence electrons. The minimum atomic E-state index is -0.695. The fourth-order valence-electron chi connectivity index (χ4n) is 3.71. The summed E-state index contributed by atoms with van der Waals surface area (Å²) in [6, 6.07) is -0.424. The van der Waals surface area contributed by atoms with Crippen molar-refractivity contribution in [3.63, 3.8) is 0 Å². The van der Waals surface area contributed by atoms with Gasteiger partial charge in [-0.3, -0.25) is 0 Å². The van der Waals surface area contributed by atoms with Gasteiger partial charge in [-0.05, 0) is 52.4 Å². The van der Waals surface area contributed by atoms with Crippen LogP contribution in [-0.2, 0) is 42.2 Å². The van der Waals surface area contributed by atoms with E-state index in [0.29, 0.717) is 12.8 Å². The summed E-state index contributed by atoms with van der Waals surface area (Å²) in [5, 5.41) is 2.63. The Kier molecular flexibility index (Phi) is 7.87. The van der Waals surface area contributed by atoms with Crippen LogP contribution in [0.15, 0.2) is 0 Å². The van der Waals surface area contributed by atoms with Crippen molar-refractivity contribution >= 4 is 18.4 Å². The molecule has 2 aliphatic heterocycles. The normalized spacial score (nSPS) is 26.3. The van der Waals surface area contributed by atoms with Crippen molar-refractivity contribution in [3.05, 3.63) is 0 Å². The number of carbonyl (C=O) groups excluding carboxylic acids is 3. The van der Waals surface area contributed by atoms with E-state index in [1.54, 1.807) is 39.8 Å². The van der Waals surface area contributed by atoms with Crippen LogP contribution < -0.4 is 5.32 Å². The average Bonchev–Trinajstić information content (AvgIpc) is 2.71. The number of piperidine rings is 1. The fourth-order valence-corrected chi connectivity index (χ4v) is 3.71. The molecule has 2 bridgehead atoms. The molecule has 0 aromatic carbocycles.